The van der Waals surface area contributed by atoms with E-state index in [0.29, 0.717) is 17.5 Å². The summed E-state index contributed by atoms with van der Waals surface area (Å²) >= 11 is 0. The highest BCUT2D eigenvalue weighted by molar-refractivity contribution is 5.72. The number of fused-ring (bicyclic) bond motifs is 1. The number of benzene rings is 1. The van der Waals surface area contributed by atoms with Crippen molar-refractivity contribution in [2.45, 2.75) is 37.3 Å². The third kappa shape index (κ3) is 1.76. The molecule has 1 saturated heterocycles. The molecule has 4 unspecified atom stereocenters. The summed E-state index contributed by atoms with van der Waals surface area (Å²) in [4.78, 5) is 13.8. The van der Waals surface area contributed by atoms with Crippen LogP contribution in [0.3, 0.4) is 0 Å². The molecule has 2 bridgehead atoms. The Bertz CT molecular complexity index is 778. The molecule has 124 valence electrons. The first-order valence-electron chi connectivity index (χ1n) is 8.33. The van der Waals surface area contributed by atoms with E-state index in [9.17, 15) is 4.79 Å². The van der Waals surface area contributed by atoms with Gasteiger partial charge in [0, 0.05) is 24.4 Å². The molecule has 0 amide bonds. The van der Waals surface area contributed by atoms with Gasteiger partial charge < -0.3 is 14.4 Å². The number of hydrogen-bond acceptors (Lipinski definition) is 4. The van der Waals surface area contributed by atoms with Crippen molar-refractivity contribution in [1.29, 1.82) is 0 Å². The SMILES string of the molecule is C#CC1Oc2c(OC(C)=O)ccc3c2C12CCN(C)C(C3)C2C=C. The second-order valence-corrected chi connectivity index (χ2v) is 6.99. The molecular weight excluding hydrogens is 302 g/mol. The van der Waals surface area contributed by atoms with Gasteiger partial charge in [0.2, 0.25) is 0 Å². The van der Waals surface area contributed by atoms with E-state index in [1.54, 1.807) is 0 Å². The lowest BCUT2D eigenvalue weighted by molar-refractivity contribution is -0.132. The quantitative estimate of drug-likeness (QED) is 0.362. The van der Waals surface area contributed by atoms with Gasteiger partial charge in [-0.3, -0.25) is 4.79 Å². The Balaban J connectivity index is 1.97. The first-order chi connectivity index (χ1) is 11.5. The van der Waals surface area contributed by atoms with Gasteiger partial charge in [-0.05, 0) is 38.1 Å². The Morgan fingerprint density at radius 1 is 1.58 bits per heavy atom. The number of terminal acetylenes is 1. The monoisotopic (exact) mass is 323 g/mol. The maximum atomic E-state index is 11.4. The van der Waals surface area contributed by atoms with Gasteiger partial charge in [-0.15, -0.1) is 13.0 Å². The van der Waals surface area contributed by atoms with Gasteiger partial charge >= 0.3 is 5.97 Å². The lowest BCUT2D eigenvalue weighted by Gasteiger charge is -2.53. The number of hydrogen-bond donors (Lipinski definition) is 0. The van der Waals surface area contributed by atoms with Crippen LogP contribution in [0.4, 0.5) is 0 Å². The second kappa shape index (κ2) is 5.12. The number of likely N-dealkylation sites (tertiary alicyclic amines) is 1. The van der Waals surface area contributed by atoms with E-state index in [1.807, 2.05) is 12.1 Å². The molecule has 2 heterocycles. The van der Waals surface area contributed by atoms with Crippen LogP contribution in [-0.4, -0.2) is 36.6 Å². The van der Waals surface area contributed by atoms with Crippen molar-refractivity contribution in [3.8, 4) is 23.8 Å². The Hall–Kier alpha value is -2.25. The summed E-state index contributed by atoms with van der Waals surface area (Å²) in [5, 5.41) is 0. The van der Waals surface area contributed by atoms with Gasteiger partial charge in [0.05, 0.1) is 5.41 Å². The number of rotatable bonds is 2. The summed E-state index contributed by atoms with van der Waals surface area (Å²) in [6, 6.07) is 4.25. The van der Waals surface area contributed by atoms with Gasteiger partial charge in [-0.2, -0.15) is 0 Å². The Kier molecular flexibility index (Phi) is 3.26. The number of esters is 1. The van der Waals surface area contributed by atoms with Crippen LogP contribution in [0.2, 0.25) is 0 Å². The Labute approximate surface area is 142 Å². The first kappa shape index (κ1) is 15.3. The van der Waals surface area contributed by atoms with E-state index in [4.69, 9.17) is 15.9 Å². The molecule has 1 aromatic rings. The van der Waals surface area contributed by atoms with Crippen LogP contribution >= 0.6 is 0 Å². The normalized spacial score (nSPS) is 33.1. The first-order valence-corrected chi connectivity index (χ1v) is 8.33. The molecule has 1 fully saturated rings. The molecule has 2 aliphatic heterocycles. The molecule has 0 saturated carbocycles. The number of nitrogens with zero attached hydrogens (tertiary/aromatic N) is 1. The topological polar surface area (TPSA) is 38.8 Å². The van der Waals surface area contributed by atoms with E-state index in [-0.39, 0.29) is 23.4 Å². The number of carbonyl (C=O) groups excluding carboxylic acids is 1. The van der Waals surface area contributed by atoms with Crippen LogP contribution in [0.5, 0.6) is 11.5 Å². The summed E-state index contributed by atoms with van der Waals surface area (Å²) in [5.74, 6) is 3.84. The minimum Gasteiger partial charge on any atom is -0.473 e. The van der Waals surface area contributed by atoms with Crippen molar-refractivity contribution < 1.29 is 14.3 Å². The Morgan fingerprint density at radius 2 is 2.38 bits per heavy atom. The van der Waals surface area contributed by atoms with Crippen molar-refractivity contribution in [1.82, 2.24) is 4.90 Å². The lowest BCUT2D eigenvalue weighted by atomic mass is 9.56. The fourth-order valence-electron chi connectivity index (χ4n) is 4.96. The van der Waals surface area contributed by atoms with Crippen LogP contribution in [0, 0.1) is 18.3 Å². The number of ether oxygens (including phenoxy) is 2. The number of carbonyl (C=O) groups is 1. The molecule has 24 heavy (non-hydrogen) atoms. The van der Waals surface area contributed by atoms with Crippen molar-refractivity contribution in [2.75, 3.05) is 13.6 Å². The third-order valence-corrected chi connectivity index (χ3v) is 5.92. The van der Waals surface area contributed by atoms with Crippen LogP contribution in [0.1, 0.15) is 24.5 Å². The number of piperidine rings is 1. The van der Waals surface area contributed by atoms with E-state index < -0.39 is 0 Å². The van der Waals surface area contributed by atoms with Gasteiger partial charge in [0.25, 0.3) is 0 Å². The van der Waals surface area contributed by atoms with Crippen molar-refractivity contribution >= 4 is 5.97 Å². The number of likely N-dealkylation sites (N-methyl/N-ethyl adjacent to an activating group) is 1. The lowest BCUT2D eigenvalue weighted by Crippen LogP contribution is -2.61. The standard InChI is InChI=1S/C20H21NO3/c1-5-14-15-11-13-7-8-16(23-12(3)22)19-18(13)20(14,9-10-21(15)4)17(6-2)24-19/h2,5,7-8,14-15,17H,1,9-11H2,3-4H3. The van der Waals surface area contributed by atoms with E-state index >= 15 is 0 Å². The largest absolute Gasteiger partial charge is 0.473 e. The van der Waals surface area contributed by atoms with E-state index in [0.717, 1.165) is 24.9 Å². The molecule has 4 heteroatoms. The highest BCUT2D eigenvalue weighted by Crippen LogP contribution is 2.60. The zero-order chi connectivity index (χ0) is 17.1. The van der Waals surface area contributed by atoms with Crippen LogP contribution in [-0.2, 0) is 16.6 Å². The predicted octanol–water partition coefficient (Wildman–Crippen LogP) is 2.31. The van der Waals surface area contributed by atoms with Crippen LogP contribution in [0.25, 0.3) is 0 Å². The average molecular weight is 323 g/mol. The van der Waals surface area contributed by atoms with Gasteiger partial charge in [0.15, 0.2) is 17.6 Å². The Morgan fingerprint density at radius 3 is 3.04 bits per heavy atom. The summed E-state index contributed by atoms with van der Waals surface area (Å²) in [7, 11) is 2.16. The van der Waals surface area contributed by atoms with E-state index in [1.165, 1.54) is 12.5 Å². The molecule has 4 nitrogen and oxygen atoms in total. The van der Waals surface area contributed by atoms with Gasteiger partial charge in [-0.1, -0.05) is 18.1 Å². The summed E-state index contributed by atoms with van der Waals surface area (Å²) < 4.78 is 11.6. The van der Waals surface area contributed by atoms with E-state index in [2.05, 4.69) is 30.5 Å². The smallest absolute Gasteiger partial charge is 0.308 e. The van der Waals surface area contributed by atoms with Crippen LogP contribution in [0.15, 0.2) is 24.8 Å². The highest BCUT2D eigenvalue weighted by Gasteiger charge is 2.61. The fraction of sp³-hybridized carbons (Fsp3) is 0.450. The molecule has 3 aliphatic rings. The minimum absolute atomic E-state index is 0.221. The maximum absolute atomic E-state index is 11.4. The summed E-state index contributed by atoms with van der Waals surface area (Å²) in [5.41, 5.74) is 2.11. The average Bonchev–Trinajstić information content (AvgIpc) is 2.89. The van der Waals surface area contributed by atoms with Gasteiger partial charge in [-0.25, -0.2) is 0 Å². The third-order valence-electron chi connectivity index (χ3n) is 5.92. The highest BCUT2D eigenvalue weighted by atomic mass is 16.6. The summed E-state index contributed by atoms with van der Waals surface area (Å²) in [6.07, 6.45) is 9.37. The van der Waals surface area contributed by atoms with Crippen molar-refractivity contribution in [3.05, 3.63) is 35.9 Å². The van der Waals surface area contributed by atoms with Crippen molar-refractivity contribution in [2.24, 2.45) is 5.92 Å². The molecule has 4 atom stereocenters. The fourth-order valence-corrected chi connectivity index (χ4v) is 4.96. The zero-order valence-corrected chi connectivity index (χ0v) is 14.0. The molecule has 1 aromatic carbocycles. The molecule has 0 N–H and O–H groups in total. The zero-order valence-electron chi connectivity index (χ0n) is 14.0. The van der Waals surface area contributed by atoms with Crippen LogP contribution < -0.4 is 9.47 Å². The summed E-state index contributed by atoms with van der Waals surface area (Å²) in [6.45, 7) is 6.46. The maximum Gasteiger partial charge on any atom is 0.308 e. The molecular formula is C20H21NO3. The molecule has 4 rings (SSSR count). The molecule has 1 aliphatic carbocycles. The molecule has 0 aromatic heterocycles. The van der Waals surface area contributed by atoms with Gasteiger partial charge in [0.1, 0.15) is 0 Å². The minimum atomic E-state index is -0.359. The second-order valence-electron chi connectivity index (χ2n) is 6.99. The van der Waals surface area contributed by atoms with Crippen molar-refractivity contribution in [3.63, 3.8) is 0 Å². The predicted molar refractivity (Wildman–Crippen MR) is 91.1 cm³/mol. The molecule has 0 radical (unpaired) electrons. The molecule has 1 spiro atoms.